The van der Waals surface area contributed by atoms with Crippen LogP contribution in [0.3, 0.4) is 0 Å². The van der Waals surface area contributed by atoms with Crippen LogP contribution in [-0.4, -0.2) is 29.9 Å². The predicted molar refractivity (Wildman–Crippen MR) is 32.8 cm³/mol. The smallest absolute Gasteiger partial charge is 0.330 e. The number of hydrogen-bond donors (Lipinski definition) is 1. The molecule has 41 valence electrons. The van der Waals surface area contributed by atoms with Crippen LogP contribution in [-0.2, 0) is 4.79 Å². The maximum absolute atomic E-state index is 9.83. The zero-order chi connectivity index (χ0) is 5.86. The maximum atomic E-state index is 9.83. The topological polar surface area (TPSA) is 37.3 Å². The third-order valence-corrected chi connectivity index (χ3v) is 0.729. The first-order valence-electron chi connectivity index (χ1n) is 2.09. The van der Waals surface area contributed by atoms with E-state index in [4.69, 9.17) is 5.11 Å². The van der Waals surface area contributed by atoms with Crippen molar-refractivity contribution in [2.24, 2.45) is 0 Å². The first-order chi connectivity index (χ1) is 3.18. The van der Waals surface area contributed by atoms with Gasteiger partial charge in [-0.1, -0.05) is 13.5 Å². The maximum Gasteiger partial charge on any atom is 0.330 e. The Balaban J connectivity index is 0. The Morgan fingerprint density at radius 1 is 1.75 bits per heavy atom. The van der Waals surface area contributed by atoms with Crippen molar-refractivity contribution in [2.45, 2.75) is 13.3 Å². The average molecular weight is 107 g/mol. The van der Waals surface area contributed by atoms with E-state index in [2.05, 4.69) is 6.58 Å². The monoisotopic (exact) mass is 107 g/mol. The molecule has 8 heavy (non-hydrogen) atoms. The van der Waals surface area contributed by atoms with Gasteiger partial charge in [0.05, 0.1) is 0 Å². The van der Waals surface area contributed by atoms with Crippen molar-refractivity contribution < 1.29 is 9.90 Å². The predicted octanol–water partition coefficient (Wildman–Crippen LogP) is 0.656. The fraction of sp³-hybridized carbons (Fsp3) is 0.400. The summed E-state index contributed by atoms with van der Waals surface area (Å²) in [6, 6.07) is 0. The fourth-order valence-electron chi connectivity index (χ4n) is 0.151. The summed E-state index contributed by atoms with van der Waals surface area (Å²) in [5, 5.41) is 8.08. The van der Waals surface area contributed by atoms with E-state index < -0.39 is 5.97 Å². The Kier molecular flexibility index (Phi) is 6.64. The van der Waals surface area contributed by atoms with E-state index in [1.165, 1.54) is 0 Å². The molecule has 0 aliphatic heterocycles. The van der Waals surface area contributed by atoms with Gasteiger partial charge in [0.2, 0.25) is 0 Å². The van der Waals surface area contributed by atoms with Crippen LogP contribution in [0.4, 0.5) is 0 Å². The van der Waals surface area contributed by atoms with Crippen molar-refractivity contribution in [2.75, 3.05) is 0 Å². The Hall–Kier alpha value is -0.193. The standard InChI is InChI=1S/C5H8O2.Li/c1-3-4(2)5(6)7;/h2-3H2,1H3,(H,6,7);. The van der Waals surface area contributed by atoms with Crippen molar-refractivity contribution in [1.82, 2.24) is 0 Å². The molecule has 0 bridgehead atoms. The normalized spacial score (nSPS) is 7.12. The number of rotatable bonds is 2. The molecule has 0 atom stereocenters. The van der Waals surface area contributed by atoms with Gasteiger partial charge in [-0.2, -0.15) is 0 Å². The molecule has 0 heterocycles. The van der Waals surface area contributed by atoms with Gasteiger partial charge in [-0.15, -0.1) is 0 Å². The summed E-state index contributed by atoms with van der Waals surface area (Å²) in [5.74, 6) is -0.900. The summed E-state index contributed by atoms with van der Waals surface area (Å²) in [6.07, 6.45) is 0.523. The summed E-state index contributed by atoms with van der Waals surface area (Å²) in [5.41, 5.74) is 0.264. The van der Waals surface area contributed by atoms with Crippen LogP contribution in [0.5, 0.6) is 0 Å². The number of aliphatic carboxylic acids is 1. The van der Waals surface area contributed by atoms with Crippen LogP contribution >= 0.6 is 0 Å². The van der Waals surface area contributed by atoms with Gasteiger partial charge in [0.25, 0.3) is 0 Å². The molecule has 2 nitrogen and oxygen atoms in total. The van der Waals surface area contributed by atoms with E-state index in [9.17, 15) is 4.79 Å². The summed E-state index contributed by atoms with van der Waals surface area (Å²) in [7, 11) is 0. The first kappa shape index (κ1) is 10.7. The molecule has 0 rings (SSSR count). The van der Waals surface area contributed by atoms with Crippen LogP contribution in [0.1, 0.15) is 13.3 Å². The van der Waals surface area contributed by atoms with Crippen molar-refractivity contribution in [3.8, 4) is 0 Å². The molecule has 0 saturated heterocycles. The van der Waals surface area contributed by atoms with E-state index in [-0.39, 0.29) is 24.4 Å². The molecular formula is C5H8LiO2. The molecule has 0 aliphatic rings. The van der Waals surface area contributed by atoms with Gasteiger partial charge in [-0.05, 0) is 6.42 Å². The van der Waals surface area contributed by atoms with E-state index in [0.717, 1.165) is 0 Å². The third kappa shape index (κ3) is 3.98. The number of carboxylic acid groups (broad SMARTS) is 1. The molecule has 0 aromatic rings. The molecule has 0 amide bonds. The Morgan fingerprint density at radius 2 is 2.12 bits per heavy atom. The van der Waals surface area contributed by atoms with Gasteiger partial charge >= 0.3 is 5.97 Å². The molecule has 3 heteroatoms. The molecule has 0 spiro atoms. The Labute approximate surface area is 60.8 Å². The second kappa shape index (κ2) is 4.95. The molecule has 0 saturated carbocycles. The summed E-state index contributed by atoms with van der Waals surface area (Å²) in [4.78, 5) is 9.83. The minimum atomic E-state index is -0.900. The molecule has 0 aromatic heterocycles. The van der Waals surface area contributed by atoms with Crippen LogP contribution in [0.2, 0.25) is 0 Å². The van der Waals surface area contributed by atoms with Gasteiger partial charge < -0.3 is 5.11 Å². The second-order valence-corrected chi connectivity index (χ2v) is 1.26. The number of hydrogen-bond acceptors (Lipinski definition) is 1. The molecule has 0 fully saturated rings. The minimum Gasteiger partial charge on any atom is -0.478 e. The largest absolute Gasteiger partial charge is 0.478 e. The zero-order valence-corrected chi connectivity index (χ0v) is 5.27. The molecular weight excluding hydrogens is 99.0 g/mol. The van der Waals surface area contributed by atoms with E-state index in [1.807, 2.05) is 0 Å². The molecule has 0 aliphatic carbocycles. The van der Waals surface area contributed by atoms with E-state index in [0.29, 0.717) is 6.42 Å². The Morgan fingerprint density at radius 3 is 2.12 bits per heavy atom. The molecule has 1 radical (unpaired) electrons. The SMILES string of the molecule is C=C(CC)C(=O)O.[Li]. The summed E-state index contributed by atoms with van der Waals surface area (Å²) in [6.45, 7) is 5.03. The van der Waals surface area contributed by atoms with Crippen molar-refractivity contribution in [3.63, 3.8) is 0 Å². The quantitative estimate of drug-likeness (QED) is 0.415. The van der Waals surface area contributed by atoms with Gasteiger partial charge in [-0.3, -0.25) is 0 Å². The van der Waals surface area contributed by atoms with Crippen LogP contribution in [0, 0.1) is 0 Å². The van der Waals surface area contributed by atoms with E-state index in [1.54, 1.807) is 6.92 Å². The third-order valence-electron chi connectivity index (χ3n) is 0.729. The van der Waals surface area contributed by atoms with Crippen molar-refractivity contribution in [3.05, 3.63) is 12.2 Å². The zero-order valence-electron chi connectivity index (χ0n) is 5.27. The van der Waals surface area contributed by atoms with Gasteiger partial charge in [0.15, 0.2) is 0 Å². The second-order valence-electron chi connectivity index (χ2n) is 1.26. The van der Waals surface area contributed by atoms with E-state index >= 15 is 0 Å². The summed E-state index contributed by atoms with van der Waals surface area (Å²) >= 11 is 0. The molecule has 1 N–H and O–H groups in total. The van der Waals surface area contributed by atoms with Crippen molar-refractivity contribution >= 4 is 24.8 Å². The molecule has 0 unspecified atom stereocenters. The van der Waals surface area contributed by atoms with Gasteiger partial charge in [-0.25, -0.2) is 4.79 Å². The van der Waals surface area contributed by atoms with Crippen molar-refractivity contribution in [1.29, 1.82) is 0 Å². The fourth-order valence-corrected chi connectivity index (χ4v) is 0.151. The molecule has 0 aromatic carbocycles. The number of carboxylic acids is 1. The van der Waals surface area contributed by atoms with Crippen LogP contribution in [0.15, 0.2) is 12.2 Å². The number of carbonyl (C=O) groups is 1. The minimum absolute atomic E-state index is 0. The summed E-state index contributed by atoms with van der Waals surface area (Å²) < 4.78 is 0. The van der Waals surface area contributed by atoms with Gasteiger partial charge in [0.1, 0.15) is 0 Å². The Bertz CT molecular complexity index is 98.6. The van der Waals surface area contributed by atoms with Gasteiger partial charge in [0, 0.05) is 24.4 Å². The van der Waals surface area contributed by atoms with Crippen LogP contribution < -0.4 is 0 Å². The van der Waals surface area contributed by atoms with Crippen LogP contribution in [0.25, 0.3) is 0 Å². The first-order valence-corrected chi connectivity index (χ1v) is 2.09. The average Bonchev–Trinajstić information content (AvgIpc) is 1.65.